The number of nitrogens with zero attached hydrogens (tertiary/aromatic N) is 4. The molecule has 1 N–H and O–H groups in total. The van der Waals surface area contributed by atoms with Crippen LogP contribution in [0.1, 0.15) is 0 Å². The maximum absolute atomic E-state index is 11.3. The fourth-order valence-electron chi connectivity index (χ4n) is 1.26. The predicted octanol–water partition coefficient (Wildman–Crippen LogP) is 0.613. The molecular weight excluding hydrogens is 244 g/mol. The van der Waals surface area contributed by atoms with Crippen LogP contribution in [0.3, 0.4) is 0 Å². The van der Waals surface area contributed by atoms with Crippen molar-refractivity contribution in [1.29, 1.82) is 0 Å². The van der Waals surface area contributed by atoms with Crippen LogP contribution in [0, 0.1) is 6.20 Å². The van der Waals surface area contributed by atoms with Gasteiger partial charge in [-0.3, -0.25) is 4.55 Å². The third-order valence-electron chi connectivity index (χ3n) is 1.87. The molecule has 87 valence electrons. The summed E-state index contributed by atoms with van der Waals surface area (Å²) in [6.45, 7) is 0. The van der Waals surface area contributed by atoms with E-state index in [1.54, 1.807) is 18.2 Å². The quantitative estimate of drug-likeness (QED) is 0.803. The average molecular weight is 251 g/mol. The first-order chi connectivity index (χ1) is 8.09. The Bertz CT molecular complexity index is 549. The SMILES string of the molecule is O=S(=O)(O)N(c1ccccc1)c1c[c]nnn1. The second-order valence-corrected chi connectivity index (χ2v) is 4.26. The summed E-state index contributed by atoms with van der Waals surface area (Å²) < 4.78 is 32.4. The van der Waals surface area contributed by atoms with Gasteiger partial charge in [0.15, 0.2) is 5.82 Å². The van der Waals surface area contributed by atoms with Crippen LogP contribution >= 0.6 is 0 Å². The minimum absolute atomic E-state index is 0.0892. The molecule has 7 nitrogen and oxygen atoms in total. The van der Waals surface area contributed by atoms with Crippen molar-refractivity contribution < 1.29 is 13.0 Å². The van der Waals surface area contributed by atoms with Crippen LogP contribution in [0.4, 0.5) is 11.5 Å². The summed E-state index contributed by atoms with van der Waals surface area (Å²) >= 11 is 0. The maximum atomic E-state index is 11.3. The Morgan fingerprint density at radius 1 is 1.24 bits per heavy atom. The van der Waals surface area contributed by atoms with Gasteiger partial charge in [0.25, 0.3) is 0 Å². The molecule has 0 spiro atoms. The minimum Gasteiger partial charge on any atom is -0.269 e. The Labute approximate surface area is 97.6 Å². The van der Waals surface area contributed by atoms with Crippen molar-refractivity contribution in [2.75, 3.05) is 4.31 Å². The van der Waals surface area contributed by atoms with Crippen molar-refractivity contribution in [3.63, 3.8) is 0 Å². The van der Waals surface area contributed by atoms with Crippen LogP contribution in [0.25, 0.3) is 0 Å². The Hall–Kier alpha value is -2.06. The van der Waals surface area contributed by atoms with E-state index in [-0.39, 0.29) is 11.5 Å². The first kappa shape index (κ1) is 11.4. The van der Waals surface area contributed by atoms with Crippen molar-refractivity contribution in [3.8, 4) is 0 Å². The number of aromatic nitrogens is 3. The van der Waals surface area contributed by atoms with Gasteiger partial charge < -0.3 is 0 Å². The van der Waals surface area contributed by atoms with Crippen molar-refractivity contribution in [3.05, 3.63) is 42.6 Å². The summed E-state index contributed by atoms with van der Waals surface area (Å²) in [5, 5.41) is 10.1. The van der Waals surface area contributed by atoms with Crippen LogP contribution in [0.5, 0.6) is 0 Å². The van der Waals surface area contributed by atoms with Crippen LogP contribution < -0.4 is 4.31 Å². The van der Waals surface area contributed by atoms with Gasteiger partial charge >= 0.3 is 10.3 Å². The van der Waals surface area contributed by atoms with Gasteiger partial charge in [-0.05, 0) is 17.3 Å². The average Bonchev–Trinajstić information content (AvgIpc) is 2.30. The van der Waals surface area contributed by atoms with Crippen LogP contribution in [0.15, 0.2) is 36.4 Å². The number of anilines is 2. The summed E-state index contributed by atoms with van der Waals surface area (Å²) in [6, 6.07) is 9.20. The smallest absolute Gasteiger partial charge is 0.269 e. The highest BCUT2D eigenvalue weighted by molar-refractivity contribution is 7.87. The molecule has 1 aromatic heterocycles. The number of benzene rings is 1. The fraction of sp³-hybridized carbons (Fsp3) is 0. The third kappa shape index (κ3) is 2.55. The first-order valence-electron chi connectivity index (χ1n) is 4.48. The molecule has 0 aliphatic heterocycles. The molecule has 0 amide bonds. The maximum Gasteiger partial charge on any atom is 0.365 e. The molecule has 0 atom stereocenters. The lowest BCUT2D eigenvalue weighted by molar-refractivity contribution is 0.482. The second-order valence-electron chi connectivity index (χ2n) is 3.00. The zero-order chi connectivity index (χ0) is 12.3. The van der Waals surface area contributed by atoms with Gasteiger partial charge in [0.1, 0.15) is 6.20 Å². The predicted molar refractivity (Wildman–Crippen MR) is 58.8 cm³/mol. The van der Waals surface area contributed by atoms with Crippen molar-refractivity contribution in [1.82, 2.24) is 15.4 Å². The molecule has 0 saturated heterocycles. The molecule has 0 aliphatic rings. The fourth-order valence-corrected chi connectivity index (χ4v) is 1.97. The number of hydrogen-bond donors (Lipinski definition) is 1. The van der Waals surface area contributed by atoms with Gasteiger partial charge in [0.2, 0.25) is 0 Å². The van der Waals surface area contributed by atoms with Crippen LogP contribution in [0.2, 0.25) is 0 Å². The molecule has 0 unspecified atom stereocenters. The van der Waals surface area contributed by atoms with Crippen molar-refractivity contribution in [2.24, 2.45) is 0 Å². The normalized spacial score (nSPS) is 11.1. The first-order valence-corrected chi connectivity index (χ1v) is 5.88. The van der Waals surface area contributed by atoms with E-state index in [4.69, 9.17) is 0 Å². The zero-order valence-electron chi connectivity index (χ0n) is 8.42. The Morgan fingerprint density at radius 2 is 1.94 bits per heavy atom. The summed E-state index contributed by atoms with van der Waals surface area (Å²) in [7, 11) is -4.49. The molecule has 8 heteroatoms. The number of rotatable bonds is 3. The van der Waals surface area contributed by atoms with E-state index in [0.29, 0.717) is 4.31 Å². The van der Waals surface area contributed by atoms with E-state index in [9.17, 15) is 13.0 Å². The highest BCUT2D eigenvalue weighted by Gasteiger charge is 2.23. The van der Waals surface area contributed by atoms with E-state index in [1.165, 1.54) is 18.2 Å². The summed E-state index contributed by atoms with van der Waals surface area (Å²) in [5.41, 5.74) is 0.240. The molecule has 0 aliphatic carbocycles. The summed E-state index contributed by atoms with van der Waals surface area (Å²) in [6.07, 6.45) is 2.34. The van der Waals surface area contributed by atoms with Gasteiger partial charge in [-0.1, -0.05) is 18.2 Å². The standard InChI is InChI=1S/C9H7N4O3S/c14-17(15,16)13(8-4-2-1-3-5-8)9-6-7-10-12-11-9/h1-6H,(H,14,15,16). The molecule has 1 heterocycles. The molecule has 0 saturated carbocycles. The lowest BCUT2D eigenvalue weighted by atomic mass is 10.3. The van der Waals surface area contributed by atoms with E-state index in [0.717, 1.165) is 0 Å². The molecule has 1 radical (unpaired) electrons. The lowest BCUT2D eigenvalue weighted by Crippen LogP contribution is -2.26. The minimum atomic E-state index is -4.49. The molecule has 0 fully saturated rings. The van der Waals surface area contributed by atoms with E-state index in [2.05, 4.69) is 21.6 Å². The van der Waals surface area contributed by atoms with E-state index >= 15 is 0 Å². The Morgan fingerprint density at radius 3 is 2.47 bits per heavy atom. The summed E-state index contributed by atoms with van der Waals surface area (Å²) in [5.74, 6) is -0.0892. The summed E-state index contributed by atoms with van der Waals surface area (Å²) in [4.78, 5) is 0. The van der Waals surface area contributed by atoms with Gasteiger partial charge in [-0.25, -0.2) is 0 Å². The van der Waals surface area contributed by atoms with Crippen LogP contribution in [-0.2, 0) is 10.3 Å². The zero-order valence-corrected chi connectivity index (χ0v) is 9.24. The highest BCUT2D eigenvalue weighted by Crippen LogP contribution is 2.24. The molecule has 2 aromatic rings. The largest absolute Gasteiger partial charge is 0.365 e. The van der Waals surface area contributed by atoms with Crippen molar-refractivity contribution >= 4 is 21.8 Å². The Balaban J connectivity index is 2.56. The number of hydrogen-bond acceptors (Lipinski definition) is 5. The monoisotopic (exact) mass is 251 g/mol. The van der Waals surface area contributed by atoms with Gasteiger partial charge in [-0.15, -0.1) is 10.2 Å². The van der Waals surface area contributed by atoms with Crippen LogP contribution in [-0.4, -0.2) is 28.4 Å². The molecule has 0 bridgehead atoms. The molecule has 2 rings (SSSR count). The second kappa shape index (κ2) is 4.44. The van der Waals surface area contributed by atoms with E-state index in [1.807, 2.05) is 0 Å². The Kier molecular flexibility index (Phi) is 2.98. The third-order valence-corrected chi connectivity index (χ3v) is 2.73. The topological polar surface area (TPSA) is 96.3 Å². The molecule has 17 heavy (non-hydrogen) atoms. The molecule has 1 aromatic carbocycles. The van der Waals surface area contributed by atoms with Gasteiger partial charge in [0, 0.05) is 6.07 Å². The van der Waals surface area contributed by atoms with Gasteiger partial charge in [-0.2, -0.15) is 12.7 Å². The van der Waals surface area contributed by atoms with Crippen molar-refractivity contribution in [2.45, 2.75) is 0 Å². The lowest BCUT2D eigenvalue weighted by Gasteiger charge is -2.18. The number of para-hydroxylation sites is 1. The molecular formula is C9H7N4O3S. The highest BCUT2D eigenvalue weighted by atomic mass is 32.2. The van der Waals surface area contributed by atoms with E-state index < -0.39 is 10.3 Å². The van der Waals surface area contributed by atoms with Gasteiger partial charge in [0.05, 0.1) is 5.69 Å².